The number of hydrogen-bond donors (Lipinski definition) is 2. The number of amides is 4. The molecule has 14 heteroatoms. The maximum atomic E-state index is 14.4. The highest BCUT2D eigenvalue weighted by Crippen LogP contribution is 2.53. The highest BCUT2D eigenvalue weighted by molar-refractivity contribution is 7.09. The third-order valence-corrected chi connectivity index (χ3v) is 12.0. The maximum absolute atomic E-state index is 14.4. The highest BCUT2D eigenvalue weighted by Gasteiger charge is 2.56. The summed E-state index contributed by atoms with van der Waals surface area (Å²) in [5, 5.41) is 9.21. The number of benzene rings is 2. The van der Waals surface area contributed by atoms with Crippen LogP contribution in [0.3, 0.4) is 0 Å². The van der Waals surface area contributed by atoms with E-state index in [2.05, 4.69) is 63.3 Å². The molecule has 1 saturated heterocycles. The molecule has 6 rings (SSSR count). The normalized spacial score (nSPS) is 18.3. The number of carbonyl (C=O) groups excluding carboxylic acids is 3. The van der Waals surface area contributed by atoms with Crippen molar-refractivity contribution in [2.24, 2.45) is 0 Å². The molecule has 12 nitrogen and oxygen atoms in total. The molecule has 1 aliphatic heterocycles. The number of urea groups is 1. The fourth-order valence-corrected chi connectivity index (χ4v) is 8.05. The van der Waals surface area contributed by atoms with E-state index in [0.717, 1.165) is 46.3 Å². The van der Waals surface area contributed by atoms with Gasteiger partial charge in [0, 0.05) is 75.1 Å². The number of nitrogens with zero attached hydrogens (tertiary/aromatic N) is 5. The van der Waals surface area contributed by atoms with Gasteiger partial charge in [0.25, 0.3) is 5.91 Å². The van der Waals surface area contributed by atoms with Gasteiger partial charge in [0.15, 0.2) is 6.04 Å². The molecule has 3 atom stereocenters. The van der Waals surface area contributed by atoms with Crippen LogP contribution in [0.4, 0.5) is 9.59 Å². The molecule has 4 aromatic rings. The number of aromatic nitrogens is 2. The van der Waals surface area contributed by atoms with E-state index in [0.29, 0.717) is 58.0 Å². The topological polar surface area (TPSA) is 129 Å². The number of carbonyl (C=O) groups is 3. The Bertz CT molecular complexity index is 1930. The van der Waals surface area contributed by atoms with Crippen molar-refractivity contribution < 1.29 is 23.9 Å². The zero-order valence-corrected chi connectivity index (χ0v) is 33.9. The molecule has 2 aromatic heterocycles. The van der Waals surface area contributed by atoms with E-state index in [-0.39, 0.29) is 18.4 Å². The number of hydrogen-bond acceptors (Lipinski definition) is 10. The summed E-state index contributed by atoms with van der Waals surface area (Å²) in [6.45, 7) is 9.09. The summed E-state index contributed by atoms with van der Waals surface area (Å²) in [7, 11) is 1.69. The van der Waals surface area contributed by atoms with Crippen molar-refractivity contribution in [3.63, 3.8) is 0 Å². The lowest BCUT2D eigenvalue weighted by Gasteiger charge is -2.28. The summed E-state index contributed by atoms with van der Waals surface area (Å²) in [5.74, 6) is 6.19. The molecule has 1 unspecified atom stereocenters. The first-order valence-electron chi connectivity index (χ1n) is 19.1. The number of nitrogens with one attached hydrogen (secondary N) is 2. The molecule has 296 valence electrons. The molecule has 1 aliphatic carbocycles. The van der Waals surface area contributed by atoms with Gasteiger partial charge in [0.2, 0.25) is 0 Å². The second-order valence-electron chi connectivity index (χ2n) is 14.6. The van der Waals surface area contributed by atoms with E-state index < -0.39 is 23.7 Å². The molecule has 0 spiro atoms. The summed E-state index contributed by atoms with van der Waals surface area (Å²) >= 11 is 3.00. The quantitative estimate of drug-likeness (QED) is 0.128. The second-order valence-corrected chi connectivity index (χ2v) is 16.4. The fraction of sp³-hybridized carbons (Fsp3) is 0.452. The first-order valence-corrected chi connectivity index (χ1v) is 20.9. The Hall–Kier alpha value is -4.81. The van der Waals surface area contributed by atoms with Crippen molar-refractivity contribution in [2.45, 2.75) is 76.2 Å². The largest absolute Gasteiger partial charge is 0.444 e. The average Bonchev–Trinajstić information content (AvgIpc) is 3.50. The molecule has 2 aliphatic rings. The molecule has 0 radical (unpaired) electrons. The van der Waals surface area contributed by atoms with Gasteiger partial charge in [0.1, 0.15) is 6.61 Å². The van der Waals surface area contributed by atoms with Crippen LogP contribution < -0.4 is 10.6 Å². The Kier molecular flexibility index (Phi) is 14.5. The van der Waals surface area contributed by atoms with Crippen LogP contribution in [0.2, 0.25) is 0 Å². The minimum Gasteiger partial charge on any atom is -0.444 e. The summed E-state index contributed by atoms with van der Waals surface area (Å²) in [5.41, 5.74) is 3.88. The van der Waals surface area contributed by atoms with E-state index in [1.807, 2.05) is 53.9 Å². The van der Waals surface area contributed by atoms with Crippen LogP contribution in [0.25, 0.3) is 0 Å². The Morgan fingerprint density at radius 1 is 1.05 bits per heavy atom. The van der Waals surface area contributed by atoms with E-state index in [1.54, 1.807) is 35.0 Å². The van der Waals surface area contributed by atoms with Gasteiger partial charge in [-0.25, -0.2) is 14.6 Å². The zero-order chi connectivity index (χ0) is 39.3. The molecule has 3 heterocycles. The van der Waals surface area contributed by atoms with Crippen molar-refractivity contribution in [2.75, 3.05) is 46.4 Å². The van der Waals surface area contributed by atoms with Gasteiger partial charge in [-0.05, 0) is 24.0 Å². The molecular weight excluding hydrogens is 747 g/mol. The lowest BCUT2D eigenvalue weighted by atomic mass is 10.0. The predicted octanol–water partition coefficient (Wildman–Crippen LogP) is 6.23. The smallest absolute Gasteiger partial charge is 0.410 e. The lowest BCUT2D eigenvalue weighted by molar-refractivity contribution is -0.122. The van der Waals surface area contributed by atoms with Crippen LogP contribution in [0.1, 0.15) is 71.7 Å². The lowest BCUT2D eigenvalue weighted by Crippen LogP contribution is -2.53. The van der Waals surface area contributed by atoms with E-state index in [9.17, 15) is 14.4 Å². The Labute approximate surface area is 337 Å². The predicted molar refractivity (Wildman–Crippen MR) is 218 cm³/mol. The van der Waals surface area contributed by atoms with Crippen molar-refractivity contribution in [3.8, 4) is 11.8 Å². The summed E-state index contributed by atoms with van der Waals surface area (Å²) in [4.78, 5) is 56.7. The SMILES string of the molecule is CC(C)c1nc(CN(C)C(=O)NC(C#CCCN2CCOCC2)C(=O)N[C@@]2(CCN(Cc3ccccc3)C(=O)OCc3cncs3)C[C@@H]2c2ccccc2)cs1. The van der Waals surface area contributed by atoms with E-state index in [1.165, 1.54) is 16.2 Å². The van der Waals surface area contributed by atoms with Gasteiger partial charge >= 0.3 is 12.1 Å². The van der Waals surface area contributed by atoms with Crippen LogP contribution in [0.5, 0.6) is 0 Å². The molecule has 56 heavy (non-hydrogen) atoms. The Morgan fingerprint density at radius 2 is 1.80 bits per heavy atom. The average molecular weight is 798 g/mol. The van der Waals surface area contributed by atoms with Crippen molar-refractivity contribution >= 4 is 40.7 Å². The monoisotopic (exact) mass is 797 g/mol. The first-order chi connectivity index (χ1) is 27.2. The van der Waals surface area contributed by atoms with Crippen molar-refractivity contribution in [3.05, 3.63) is 104 Å². The van der Waals surface area contributed by atoms with Crippen LogP contribution in [-0.2, 0) is 34.0 Å². The van der Waals surface area contributed by atoms with Gasteiger partial charge < -0.3 is 29.9 Å². The fourth-order valence-electron chi connectivity index (χ4n) is 6.72. The third-order valence-electron chi connectivity index (χ3n) is 10.0. The standard InChI is InChI=1S/C42H51N7O5S2/c1-31(2)39-44-34(29-55-39)27-47(3)40(51)45-37(16-10-11-18-48-20-22-53-23-21-48)38(50)46-42(24-36(42)33-14-8-5-9-15-33)17-19-49(26-32-12-6-4-7-13-32)41(52)54-28-35-25-43-30-56-35/h4-9,12-15,25,29-31,36-37H,11,17-24,26-28H2,1-3H3,(H,45,51)(H,46,50)/t36-,37?,42+/m1/s1. The number of morpholine rings is 1. The molecule has 0 bridgehead atoms. The van der Waals surface area contributed by atoms with Gasteiger partial charge in [-0.2, -0.15) is 0 Å². The van der Waals surface area contributed by atoms with Crippen LogP contribution in [-0.4, -0.2) is 101 Å². The molecule has 2 fully saturated rings. The minimum atomic E-state index is -1.10. The molecule has 2 aromatic carbocycles. The van der Waals surface area contributed by atoms with Gasteiger partial charge in [-0.3, -0.25) is 14.7 Å². The van der Waals surface area contributed by atoms with Crippen molar-refractivity contribution in [1.29, 1.82) is 0 Å². The Morgan fingerprint density at radius 3 is 2.50 bits per heavy atom. The van der Waals surface area contributed by atoms with E-state index >= 15 is 0 Å². The summed E-state index contributed by atoms with van der Waals surface area (Å²) < 4.78 is 11.2. The van der Waals surface area contributed by atoms with Crippen LogP contribution in [0.15, 0.2) is 77.8 Å². The second kappa shape index (κ2) is 19.9. The molecule has 1 saturated carbocycles. The zero-order valence-electron chi connectivity index (χ0n) is 32.3. The highest BCUT2D eigenvalue weighted by atomic mass is 32.1. The number of rotatable bonds is 16. The first kappa shape index (κ1) is 40.8. The Balaban J connectivity index is 1.19. The number of ether oxygens (including phenoxy) is 2. The molecule has 4 amide bonds. The maximum Gasteiger partial charge on any atom is 0.410 e. The third kappa shape index (κ3) is 11.6. The van der Waals surface area contributed by atoms with Crippen LogP contribution in [0, 0.1) is 11.8 Å². The summed E-state index contributed by atoms with van der Waals surface area (Å²) in [6, 6.07) is 18.3. The minimum absolute atomic E-state index is 0.00700. The summed E-state index contributed by atoms with van der Waals surface area (Å²) in [6.07, 6.45) is 2.93. The van der Waals surface area contributed by atoms with Gasteiger partial charge in [0.05, 0.1) is 40.8 Å². The molecular formula is C42H51N7O5S2. The van der Waals surface area contributed by atoms with Crippen LogP contribution >= 0.6 is 22.7 Å². The van der Waals surface area contributed by atoms with E-state index in [4.69, 9.17) is 9.47 Å². The van der Waals surface area contributed by atoms with Gasteiger partial charge in [-0.1, -0.05) is 86.4 Å². The van der Waals surface area contributed by atoms with Gasteiger partial charge in [-0.15, -0.1) is 22.7 Å². The molecule has 2 N–H and O–H groups in total. The van der Waals surface area contributed by atoms with Crippen molar-refractivity contribution in [1.82, 2.24) is 35.3 Å². The number of thiazole rings is 2.